The van der Waals surface area contributed by atoms with Crippen molar-refractivity contribution in [2.24, 2.45) is 5.11 Å². The van der Waals surface area contributed by atoms with Crippen LogP contribution in [0, 0.1) is 0 Å². The maximum absolute atomic E-state index is 9.28. The SMILES string of the molecule is [N-]=[N+]=NC[C@@H](O)c1cnccn1. The van der Waals surface area contributed by atoms with E-state index in [1.54, 1.807) is 0 Å². The van der Waals surface area contributed by atoms with Crippen molar-refractivity contribution in [3.63, 3.8) is 0 Å². The highest BCUT2D eigenvalue weighted by molar-refractivity contribution is 4.99. The molecule has 0 radical (unpaired) electrons. The molecule has 1 rings (SSSR count). The maximum Gasteiger partial charge on any atom is 0.103 e. The average Bonchev–Trinajstić information content (AvgIpc) is 2.15. The number of rotatable bonds is 3. The second-order valence-corrected chi connectivity index (χ2v) is 2.06. The van der Waals surface area contributed by atoms with Crippen LogP contribution in [0.15, 0.2) is 23.7 Å². The topological polar surface area (TPSA) is 94.8 Å². The second-order valence-electron chi connectivity index (χ2n) is 2.06. The van der Waals surface area contributed by atoms with Crippen LogP contribution in [-0.4, -0.2) is 21.6 Å². The first-order valence-electron chi connectivity index (χ1n) is 3.29. The molecule has 62 valence electrons. The zero-order valence-electron chi connectivity index (χ0n) is 6.20. The van der Waals surface area contributed by atoms with Crippen molar-refractivity contribution in [2.45, 2.75) is 6.10 Å². The number of hydrogen-bond acceptors (Lipinski definition) is 4. The molecule has 0 spiro atoms. The van der Waals surface area contributed by atoms with E-state index >= 15 is 0 Å². The number of aliphatic hydroxyl groups is 1. The number of hydrogen-bond donors (Lipinski definition) is 1. The van der Waals surface area contributed by atoms with Crippen LogP contribution in [0.1, 0.15) is 11.8 Å². The molecule has 6 nitrogen and oxygen atoms in total. The van der Waals surface area contributed by atoms with E-state index in [0.717, 1.165) is 0 Å². The lowest BCUT2D eigenvalue weighted by atomic mass is 10.3. The van der Waals surface area contributed by atoms with E-state index in [1.807, 2.05) is 0 Å². The van der Waals surface area contributed by atoms with Crippen LogP contribution in [-0.2, 0) is 0 Å². The summed E-state index contributed by atoms with van der Waals surface area (Å²) in [4.78, 5) is 10.1. The van der Waals surface area contributed by atoms with E-state index in [-0.39, 0.29) is 6.54 Å². The smallest absolute Gasteiger partial charge is 0.103 e. The van der Waals surface area contributed by atoms with E-state index < -0.39 is 6.10 Å². The summed E-state index contributed by atoms with van der Waals surface area (Å²) in [5, 5.41) is 12.5. The van der Waals surface area contributed by atoms with Crippen molar-refractivity contribution in [2.75, 3.05) is 6.54 Å². The molecule has 0 saturated carbocycles. The second kappa shape index (κ2) is 4.27. The van der Waals surface area contributed by atoms with Gasteiger partial charge in [-0.05, 0) is 5.53 Å². The standard InChI is InChI=1S/C6H7N5O/c7-11-10-4-6(12)5-3-8-1-2-9-5/h1-3,6,12H,4H2/t6-/m1/s1. The number of azide groups is 1. The van der Waals surface area contributed by atoms with Crippen LogP contribution >= 0.6 is 0 Å². The molecular weight excluding hydrogens is 158 g/mol. The molecule has 1 aromatic heterocycles. The van der Waals surface area contributed by atoms with Gasteiger partial charge in [0.15, 0.2) is 0 Å². The minimum Gasteiger partial charge on any atom is -0.387 e. The first-order chi connectivity index (χ1) is 5.84. The minimum atomic E-state index is -0.866. The minimum absolute atomic E-state index is 0.0187. The molecule has 0 aromatic carbocycles. The van der Waals surface area contributed by atoms with E-state index in [0.29, 0.717) is 5.69 Å². The molecule has 0 amide bonds. The third-order valence-electron chi connectivity index (χ3n) is 1.24. The third kappa shape index (κ3) is 2.19. The van der Waals surface area contributed by atoms with Crippen LogP contribution < -0.4 is 0 Å². The Hall–Kier alpha value is -1.65. The van der Waals surface area contributed by atoms with E-state index in [9.17, 15) is 5.11 Å². The Labute approximate surface area is 68.5 Å². The van der Waals surface area contributed by atoms with E-state index in [1.165, 1.54) is 18.6 Å². The van der Waals surface area contributed by atoms with Gasteiger partial charge in [-0.2, -0.15) is 0 Å². The first kappa shape index (κ1) is 8.45. The summed E-state index contributed by atoms with van der Waals surface area (Å²) in [6.45, 7) is -0.0187. The molecule has 0 aliphatic heterocycles. The molecule has 1 N–H and O–H groups in total. The normalized spacial score (nSPS) is 11.8. The van der Waals surface area contributed by atoms with Crippen molar-refractivity contribution in [3.8, 4) is 0 Å². The number of aromatic nitrogens is 2. The first-order valence-corrected chi connectivity index (χ1v) is 3.29. The number of nitrogens with zero attached hydrogens (tertiary/aromatic N) is 5. The highest BCUT2D eigenvalue weighted by Crippen LogP contribution is 2.07. The largest absolute Gasteiger partial charge is 0.387 e. The zero-order valence-corrected chi connectivity index (χ0v) is 6.20. The van der Waals surface area contributed by atoms with Crippen LogP contribution in [0.2, 0.25) is 0 Å². The molecule has 0 unspecified atom stereocenters. The Morgan fingerprint density at radius 3 is 3.08 bits per heavy atom. The molecule has 1 atom stereocenters. The summed E-state index contributed by atoms with van der Waals surface area (Å²) < 4.78 is 0. The Morgan fingerprint density at radius 1 is 1.67 bits per heavy atom. The fourth-order valence-corrected chi connectivity index (χ4v) is 0.690. The van der Waals surface area contributed by atoms with Crippen LogP contribution in [0.4, 0.5) is 0 Å². The lowest BCUT2D eigenvalue weighted by Crippen LogP contribution is -2.03. The summed E-state index contributed by atoms with van der Waals surface area (Å²) in [7, 11) is 0. The summed E-state index contributed by atoms with van der Waals surface area (Å²) in [5.74, 6) is 0. The Bertz CT molecular complexity index is 281. The molecule has 0 saturated heterocycles. The summed E-state index contributed by atoms with van der Waals surface area (Å²) in [6, 6.07) is 0. The van der Waals surface area contributed by atoms with E-state index in [4.69, 9.17) is 5.53 Å². The van der Waals surface area contributed by atoms with Gasteiger partial charge in [-0.3, -0.25) is 9.97 Å². The monoisotopic (exact) mass is 165 g/mol. The van der Waals surface area contributed by atoms with Gasteiger partial charge < -0.3 is 5.11 Å². The van der Waals surface area contributed by atoms with Crippen molar-refractivity contribution in [3.05, 3.63) is 34.7 Å². The Balaban J connectivity index is 2.65. The van der Waals surface area contributed by atoms with Crippen molar-refractivity contribution < 1.29 is 5.11 Å². The summed E-state index contributed by atoms with van der Waals surface area (Å²) >= 11 is 0. The summed E-state index contributed by atoms with van der Waals surface area (Å²) in [6.07, 6.45) is 3.53. The van der Waals surface area contributed by atoms with Crippen molar-refractivity contribution in [1.82, 2.24) is 9.97 Å². The molecule has 0 aliphatic carbocycles. The molecule has 0 bridgehead atoms. The van der Waals surface area contributed by atoms with Crippen molar-refractivity contribution in [1.29, 1.82) is 0 Å². The molecule has 12 heavy (non-hydrogen) atoms. The van der Waals surface area contributed by atoms with Gasteiger partial charge in [0.2, 0.25) is 0 Å². The summed E-state index contributed by atoms with van der Waals surface area (Å²) in [5.41, 5.74) is 8.38. The Morgan fingerprint density at radius 2 is 2.50 bits per heavy atom. The molecular formula is C6H7N5O. The van der Waals surface area contributed by atoms with Gasteiger partial charge in [0.05, 0.1) is 18.4 Å². The van der Waals surface area contributed by atoms with Gasteiger partial charge in [0.1, 0.15) is 6.10 Å². The molecule has 1 heterocycles. The lowest BCUT2D eigenvalue weighted by Gasteiger charge is -2.03. The number of aliphatic hydroxyl groups excluding tert-OH is 1. The highest BCUT2D eigenvalue weighted by Gasteiger charge is 2.06. The van der Waals surface area contributed by atoms with Gasteiger partial charge in [0, 0.05) is 17.3 Å². The van der Waals surface area contributed by atoms with Gasteiger partial charge in [-0.1, -0.05) is 5.11 Å². The maximum atomic E-state index is 9.28. The average molecular weight is 165 g/mol. The fourth-order valence-electron chi connectivity index (χ4n) is 0.690. The van der Waals surface area contributed by atoms with Crippen LogP contribution in [0.3, 0.4) is 0 Å². The van der Waals surface area contributed by atoms with Crippen molar-refractivity contribution >= 4 is 0 Å². The predicted molar refractivity (Wildman–Crippen MR) is 41.0 cm³/mol. The predicted octanol–water partition coefficient (Wildman–Crippen LogP) is 0.820. The third-order valence-corrected chi connectivity index (χ3v) is 1.24. The zero-order chi connectivity index (χ0) is 8.81. The van der Waals surface area contributed by atoms with Gasteiger partial charge in [0.25, 0.3) is 0 Å². The lowest BCUT2D eigenvalue weighted by molar-refractivity contribution is 0.181. The Kier molecular flexibility index (Phi) is 3.01. The molecule has 0 fully saturated rings. The van der Waals surface area contributed by atoms with Crippen LogP contribution in [0.25, 0.3) is 10.4 Å². The van der Waals surface area contributed by atoms with E-state index in [2.05, 4.69) is 20.0 Å². The molecule has 6 heteroatoms. The van der Waals surface area contributed by atoms with Crippen LogP contribution in [0.5, 0.6) is 0 Å². The van der Waals surface area contributed by atoms with Gasteiger partial charge >= 0.3 is 0 Å². The highest BCUT2D eigenvalue weighted by atomic mass is 16.3. The molecule has 1 aromatic rings. The quantitative estimate of drug-likeness (QED) is 0.408. The fraction of sp³-hybridized carbons (Fsp3) is 0.333. The van der Waals surface area contributed by atoms with Gasteiger partial charge in [-0.15, -0.1) is 0 Å². The van der Waals surface area contributed by atoms with Gasteiger partial charge in [-0.25, -0.2) is 0 Å². The molecule has 0 aliphatic rings.